The van der Waals surface area contributed by atoms with Gasteiger partial charge in [-0.2, -0.15) is 0 Å². The topological polar surface area (TPSA) is 88.0 Å². The van der Waals surface area contributed by atoms with Crippen molar-refractivity contribution in [3.63, 3.8) is 0 Å². The first-order valence-electron chi connectivity index (χ1n) is 7.66. The summed E-state index contributed by atoms with van der Waals surface area (Å²) in [5.74, 6) is 0.353. The van der Waals surface area contributed by atoms with Gasteiger partial charge in [0, 0.05) is 12.1 Å². The van der Waals surface area contributed by atoms with E-state index < -0.39 is 18.3 Å². The van der Waals surface area contributed by atoms with Crippen LogP contribution in [-0.2, 0) is 11.3 Å². The number of ether oxygens (including phenoxy) is 2. The van der Waals surface area contributed by atoms with Crippen molar-refractivity contribution in [2.75, 3.05) is 13.7 Å². The molecule has 0 fully saturated rings. The van der Waals surface area contributed by atoms with Gasteiger partial charge < -0.3 is 25.0 Å². The Morgan fingerprint density at radius 2 is 1.88 bits per heavy atom. The number of benzene rings is 2. The Morgan fingerprint density at radius 3 is 2.56 bits per heavy atom. The van der Waals surface area contributed by atoms with Gasteiger partial charge in [-0.25, -0.2) is 4.79 Å². The van der Waals surface area contributed by atoms with E-state index in [1.165, 1.54) is 7.11 Å². The molecule has 25 heavy (non-hydrogen) atoms. The number of hydrogen-bond donors (Lipinski definition) is 3. The molecule has 2 aromatic carbocycles. The standard InChI is InChI=1S/C18H20ClNO5/c1-24-15-9-5-8-13(19)16(15)17(22)14(21)10-20-18(23)25-11-12-6-3-2-4-7-12/h2-9,14,17,21-22H,10-11H2,1H3,(H,20,23). The molecule has 0 aromatic heterocycles. The normalized spacial score (nSPS) is 13.0. The van der Waals surface area contributed by atoms with E-state index in [9.17, 15) is 15.0 Å². The lowest BCUT2D eigenvalue weighted by molar-refractivity contribution is 0.0171. The average molecular weight is 366 g/mol. The molecule has 0 spiro atoms. The predicted molar refractivity (Wildman–Crippen MR) is 93.6 cm³/mol. The van der Waals surface area contributed by atoms with Gasteiger partial charge in [0.1, 0.15) is 24.6 Å². The summed E-state index contributed by atoms with van der Waals surface area (Å²) in [7, 11) is 1.44. The van der Waals surface area contributed by atoms with Crippen LogP contribution in [0.3, 0.4) is 0 Å². The Hall–Kier alpha value is -2.28. The van der Waals surface area contributed by atoms with Gasteiger partial charge in [0.2, 0.25) is 0 Å². The molecule has 0 heterocycles. The molecule has 0 aliphatic rings. The van der Waals surface area contributed by atoms with E-state index in [1.54, 1.807) is 18.2 Å². The Morgan fingerprint density at radius 1 is 1.16 bits per heavy atom. The summed E-state index contributed by atoms with van der Waals surface area (Å²) in [6, 6.07) is 14.1. The summed E-state index contributed by atoms with van der Waals surface area (Å²) in [4.78, 5) is 11.7. The molecule has 0 bridgehead atoms. The summed E-state index contributed by atoms with van der Waals surface area (Å²) in [5.41, 5.74) is 1.11. The quantitative estimate of drug-likeness (QED) is 0.702. The molecule has 6 nitrogen and oxygen atoms in total. The fraction of sp³-hybridized carbons (Fsp3) is 0.278. The molecule has 0 radical (unpaired) electrons. The molecular weight excluding hydrogens is 346 g/mol. The van der Waals surface area contributed by atoms with Crippen LogP contribution in [0.15, 0.2) is 48.5 Å². The lowest BCUT2D eigenvalue weighted by Crippen LogP contribution is -2.36. The largest absolute Gasteiger partial charge is 0.496 e. The lowest BCUT2D eigenvalue weighted by atomic mass is 10.0. The third kappa shape index (κ3) is 5.35. The second-order valence-electron chi connectivity index (χ2n) is 5.31. The average Bonchev–Trinajstić information content (AvgIpc) is 2.64. The molecular formula is C18H20ClNO5. The highest BCUT2D eigenvalue weighted by Crippen LogP contribution is 2.33. The Balaban J connectivity index is 1.87. The number of methoxy groups -OCH3 is 1. The number of halogens is 1. The number of amides is 1. The summed E-state index contributed by atoms with van der Waals surface area (Å²) in [5, 5.41) is 23.1. The molecule has 0 saturated carbocycles. The predicted octanol–water partition coefficient (Wildman–Crippen LogP) is 2.67. The first-order chi connectivity index (χ1) is 12.0. The molecule has 2 aromatic rings. The molecule has 134 valence electrons. The third-order valence-corrected chi connectivity index (χ3v) is 3.89. The van der Waals surface area contributed by atoms with Crippen molar-refractivity contribution in [3.8, 4) is 5.75 Å². The minimum Gasteiger partial charge on any atom is -0.496 e. The molecule has 1 amide bonds. The molecule has 0 aliphatic heterocycles. The number of aliphatic hydroxyl groups is 2. The Kier molecular flexibility index (Phi) is 7.06. The maximum atomic E-state index is 11.7. The van der Waals surface area contributed by atoms with E-state index >= 15 is 0 Å². The van der Waals surface area contributed by atoms with Gasteiger partial charge >= 0.3 is 6.09 Å². The van der Waals surface area contributed by atoms with Gasteiger partial charge in [0.15, 0.2) is 0 Å². The molecule has 0 aliphatic carbocycles. The van der Waals surface area contributed by atoms with E-state index in [0.29, 0.717) is 5.75 Å². The van der Waals surface area contributed by atoms with Gasteiger partial charge in [0.05, 0.1) is 12.1 Å². The van der Waals surface area contributed by atoms with E-state index in [1.807, 2.05) is 30.3 Å². The van der Waals surface area contributed by atoms with E-state index in [0.717, 1.165) is 5.56 Å². The Bertz CT molecular complexity index is 695. The summed E-state index contributed by atoms with van der Waals surface area (Å²) in [6.07, 6.45) is -3.29. The highest BCUT2D eigenvalue weighted by Gasteiger charge is 2.25. The van der Waals surface area contributed by atoms with E-state index in [2.05, 4.69) is 5.32 Å². The van der Waals surface area contributed by atoms with Gasteiger partial charge in [-0.05, 0) is 17.7 Å². The maximum absolute atomic E-state index is 11.7. The van der Waals surface area contributed by atoms with Crippen LogP contribution in [0.2, 0.25) is 5.02 Å². The second kappa shape index (κ2) is 9.27. The van der Waals surface area contributed by atoms with Crippen LogP contribution in [0.1, 0.15) is 17.2 Å². The number of aliphatic hydroxyl groups excluding tert-OH is 2. The van der Waals surface area contributed by atoms with Crippen LogP contribution < -0.4 is 10.1 Å². The van der Waals surface area contributed by atoms with Crippen LogP contribution in [0.25, 0.3) is 0 Å². The van der Waals surface area contributed by atoms with Gasteiger partial charge in [-0.1, -0.05) is 48.0 Å². The van der Waals surface area contributed by atoms with Crippen LogP contribution in [0.4, 0.5) is 4.79 Å². The van der Waals surface area contributed by atoms with Gasteiger partial charge in [0.25, 0.3) is 0 Å². The zero-order chi connectivity index (χ0) is 18.2. The molecule has 2 unspecified atom stereocenters. The molecule has 2 rings (SSSR count). The first kappa shape index (κ1) is 19.1. The monoisotopic (exact) mass is 365 g/mol. The number of alkyl carbamates (subject to hydrolysis) is 1. The number of nitrogens with one attached hydrogen (secondary N) is 1. The van der Waals surface area contributed by atoms with Crippen molar-refractivity contribution in [2.24, 2.45) is 0 Å². The zero-order valence-electron chi connectivity index (χ0n) is 13.7. The number of rotatable bonds is 7. The summed E-state index contributed by atoms with van der Waals surface area (Å²) in [6.45, 7) is -0.0905. The number of hydrogen-bond acceptors (Lipinski definition) is 5. The van der Waals surface area contributed by atoms with Gasteiger partial charge in [-0.3, -0.25) is 0 Å². The maximum Gasteiger partial charge on any atom is 0.407 e. The lowest BCUT2D eigenvalue weighted by Gasteiger charge is -2.21. The van der Waals surface area contributed by atoms with Crippen LogP contribution in [0.5, 0.6) is 5.75 Å². The highest BCUT2D eigenvalue weighted by molar-refractivity contribution is 6.31. The zero-order valence-corrected chi connectivity index (χ0v) is 14.4. The smallest absolute Gasteiger partial charge is 0.407 e. The molecule has 0 saturated heterocycles. The fourth-order valence-electron chi connectivity index (χ4n) is 2.25. The van der Waals surface area contributed by atoms with Crippen molar-refractivity contribution in [2.45, 2.75) is 18.8 Å². The van der Waals surface area contributed by atoms with E-state index in [-0.39, 0.29) is 23.7 Å². The first-order valence-corrected chi connectivity index (χ1v) is 8.03. The molecule has 2 atom stereocenters. The third-order valence-electron chi connectivity index (χ3n) is 3.56. The van der Waals surface area contributed by atoms with Crippen molar-refractivity contribution in [1.82, 2.24) is 5.32 Å². The van der Waals surface area contributed by atoms with Crippen molar-refractivity contribution in [3.05, 3.63) is 64.7 Å². The van der Waals surface area contributed by atoms with Crippen molar-refractivity contribution in [1.29, 1.82) is 0 Å². The highest BCUT2D eigenvalue weighted by atomic mass is 35.5. The summed E-state index contributed by atoms with van der Waals surface area (Å²) >= 11 is 6.06. The molecule has 7 heteroatoms. The minimum atomic E-state index is -1.32. The minimum absolute atomic E-state index is 0.115. The van der Waals surface area contributed by atoms with Gasteiger partial charge in [-0.15, -0.1) is 0 Å². The number of carbonyl (C=O) groups is 1. The second-order valence-corrected chi connectivity index (χ2v) is 5.72. The molecule has 3 N–H and O–H groups in total. The summed E-state index contributed by atoms with van der Waals surface area (Å²) < 4.78 is 10.2. The van der Waals surface area contributed by atoms with Crippen LogP contribution >= 0.6 is 11.6 Å². The van der Waals surface area contributed by atoms with Crippen LogP contribution in [-0.4, -0.2) is 36.1 Å². The Labute approximate surface area is 151 Å². The van der Waals surface area contributed by atoms with E-state index in [4.69, 9.17) is 21.1 Å². The SMILES string of the molecule is COc1cccc(Cl)c1C(O)C(O)CNC(=O)OCc1ccccc1. The van der Waals surface area contributed by atoms with Crippen molar-refractivity contribution < 1.29 is 24.5 Å². The van der Waals surface area contributed by atoms with Crippen molar-refractivity contribution >= 4 is 17.7 Å². The fourth-order valence-corrected chi connectivity index (χ4v) is 2.53. The number of carbonyl (C=O) groups excluding carboxylic acids is 1. The van der Waals surface area contributed by atoms with Crippen LogP contribution in [0, 0.1) is 0 Å².